The summed E-state index contributed by atoms with van der Waals surface area (Å²) in [7, 11) is 2.67. The van der Waals surface area contributed by atoms with Crippen molar-refractivity contribution < 1.29 is 19.1 Å². The van der Waals surface area contributed by atoms with Gasteiger partial charge in [-0.25, -0.2) is 4.79 Å². The molecule has 0 aromatic heterocycles. The number of methoxy groups -OCH3 is 2. The summed E-state index contributed by atoms with van der Waals surface area (Å²) in [5.74, 6) is -0.897. The maximum Gasteiger partial charge on any atom is 0.340 e. The highest BCUT2D eigenvalue weighted by atomic mass is 16.5. The molecule has 6 heteroatoms. The first-order chi connectivity index (χ1) is 8.10. The highest BCUT2D eigenvalue weighted by Gasteiger charge is 2.13. The van der Waals surface area contributed by atoms with Crippen molar-refractivity contribution in [3.05, 3.63) is 23.8 Å². The van der Waals surface area contributed by atoms with E-state index in [9.17, 15) is 9.59 Å². The molecule has 1 aromatic rings. The van der Waals surface area contributed by atoms with Gasteiger partial charge in [-0.2, -0.15) is 0 Å². The zero-order chi connectivity index (χ0) is 12.8. The van der Waals surface area contributed by atoms with Crippen LogP contribution < -0.4 is 11.1 Å². The molecule has 3 N–H and O–H groups in total. The molecule has 0 saturated carbocycles. The molecule has 92 valence electrons. The van der Waals surface area contributed by atoms with Crippen molar-refractivity contribution >= 4 is 23.3 Å². The van der Waals surface area contributed by atoms with Gasteiger partial charge in [-0.3, -0.25) is 4.79 Å². The summed E-state index contributed by atoms with van der Waals surface area (Å²) in [4.78, 5) is 22.7. The number of carbonyl (C=O) groups excluding carboxylic acids is 2. The van der Waals surface area contributed by atoms with Crippen LogP contribution in [0.1, 0.15) is 10.4 Å². The highest BCUT2D eigenvalue weighted by molar-refractivity contribution is 6.02. The van der Waals surface area contributed by atoms with Crippen molar-refractivity contribution in [1.29, 1.82) is 0 Å². The summed E-state index contributed by atoms with van der Waals surface area (Å²) in [6.45, 7) is -0.0815. The van der Waals surface area contributed by atoms with Gasteiger partial charge >= 0.3 is 5.97 Å². The van der Waals surface area contributed by atoms with Crippen LogP contribution in [0, 0.1) is 0 Å². The fourth-order valence-corrected chi connectivity index (χ4v) is 1.28. The number of rotatable bonds is 4. The third-order valence-electron chi connectivity index (χ3n) is 2.06. The van der Waals surface area contributed by atoms with E-state index in [1.54, 1.807) is 12.1 Å². The Balaban J connectivity index is 2.94. The Bertz CT molecular complexity index is 431. The van der Waals surface area contributed by atoms with E-state index in [1.165, 1.54) is 20.3 Å². The lowest BCUT2D eigenvalue weighted by atomic mass is 10.1. The maximum atomic E-state index is 11.4. The summed E-state index contributed by atoms with van der Waals surface area (Å²) in [5, 5.41) is 2.53. The molecule has 0 fully saturated rings. The van der Waals surface area contributed by atoms with Crippen LogP contribution in [-0.4, -0.2) is 32.7 Å². The van der Waals surface area contributed by atoms with Crippen molar-refractivity contribution in [1.82, 2.24) is 0 Å². The van der Waals surface area contributed by atoms with E-state index >= 15 is 0 Å². The van der Waals surface area contributed by atoms with Gasteiger partial charge in [-0.15, -0.1) is 0 Å². The molecule has 1 amide bonds. The van der Waals surface area contributed by atoms with E-state index in [1.807, 2.05) is 0 Å². The van der Waals surface area contributed by atoms with E-state index in [-0.39, 0.29) is 23.8 Å². The number of ether oxygens (including phenoxy) is 2. The lowest BCUT2D eigenvalue weighted by molar-refractivity contribution is -0.119. The molecule has 0 aliphatic heterocycles. The van der Waals surface area contributed by atoms with Gasteiger partial charge in [-0.05, 0) is 12.1 Å². The topological polar surface area (TPSA) is 90.6 Å². The number of nitrogens with two attached hydrogens (primary N) is 1. The lowest BCUT2D eigenvalue weighted by Gasteiger charge is -2.10. The van der Waals surface area contributed by atoms with Crippen LogP contribution in [-0.2, 0) is 14.3 Å². The van der Waals surface area contributed by atoms with Gasteiger partial charge in [0.25, 0.3) is 0 Å². The fourth-order valence-electron chi connectivity index (χ4n) is 1.28. The summed E-state index contributed by atoms with van der Waals surface area (Å²) in [6, 6.07) is 4.72. The largest absolute Gasteiger partial charge is 0.465 e. The van der Waals surface area contributed by atoms with Crippen molar-refractivity contribution in [2.45, 2.75) is 0 Å². The van der Waals surface area contributed by atoms with Crippen molar-refractivity contribution in [2.75, 3.05) is 31.9 Å². The Kier molecular flexibility index (Phi) is 4.47. The second-order valence-corrected chi connectivity index (χ2v) is 3.24. The minimum atomic E-state index is -0.551. The molecule has 1 rings (SSSR count). The zero-order valence-electron chi connectivity index (χ0n) is 9.65. The zero-order valence-corrected chi connectivity index (χ0v) is 9.65. The first kappa shape index (κ1) is 13.0. The van der Waals surface area contributed by atoms with Crippen LogP contribution in [0.2, 0.25) is 0 Å². The number of anilines is 2. The number of esters is 1. The van der Waals surface area contributed by atoms with E-state index in [0.717, 1.165) is 0 Å². The molecular formula is C11H14N2O4. The molecule has 0 unspecified atom stereocenters. The summed E-state index contributed by atoms with van der Waals surface area (Å²) >= 11 is 0. The maximum absolute atomic E-state index is 11.4. The molecule has 17 heavy (non-hydrogen) atoms. The monoisotopic (exact) mass is 238 g/mol. The minimum Gasteiger partial charge on any atom is -0.465 e. The van der Waals surface area contributed by atoms with Gasteiger partial charge in [0, 0.05) is 7.11 Å². The van der Waals surface area contributed by atoms with Gasteiger partial charge in [-0.1, -0.05) is 6.07 Å². The molecule has 1 aromatic carbocycles. The van der Waals surface area contributed by atoms with Crippen LogP contribution in [0.4, 0.5) is 11.4 Å². The van der Waals surface area contributed by atoms with Crippen LogP contribution in [0.5, 0.6) is 0 Å². The number of hydrogen-bond acceptors (Lipinski definition) is 5. The molecule has 6 nitrogen and oxygen atoms in total. The number of amides is 1. The van der Waals surface area contributed by atoms with Crippen molar-refractivity contribution in [2.24, 2.45) is 0 Å². The van der Waals surface area contributed by atoms with Gasteiger partial charge in [0.15, 0.2) is 0 Å². The third-order valence-corrected chi connectivity index (χ3v) is 2.06. The summed E-state index contributed by atoms with van der Waals surface area (Å²) in [6.07, 6.45) is 0. The molecule has 0 bridgehead atoms. The quantitative estimate of drug-likeness (QED) is 0.593. The Morgan fingerprint density at radius 1 is 1.35 bits per heavy atom. The SMILES string of the molecule is COCC(=O)Nc1cccc(C(=O)OC)c1N. The molecule has 0 atom stereocenters. The number of nitrogen functional groups attached to an aromatic ring is 1. The molecule has 0 heterocycles. The fraction of sp³-hybridized carbons (Fsp3) is 0.273. The van der Waals surface area contributed by atoms with Gasteiger partial charge in [0.2, 0.25) is 5.91 Å². The van der Waals surface area contributed by atoms with Gasteiger partial charge < -0.3 is 20.5 Å². The smallest absolute Gasteiger partial charge is 0.340 e. The summed E-state index contributed by atoms with van der Waals surface area (Å²) in [5.41, 5.74) is 6.49. The Labute approximate surface area is 98.7 Å². The molecule has 0 radical (unpaired) electrons. The number of para-hydroxylation sites is 1. The van der Waals surface area contributed by atoms with Crippen LogP contribution in [0.15, 0.2) is 18.2 Å². The Hall–Kier alpha value is -2.08. The normalized spacial score (nSPS) is 9.76. The number of benzene rings is 1. The second kappa shape index (κ2) is 5.86. The van der Waals surface area contributed by atoms with Crippen molar-refractivity contribution in [3.63, 3.8) is 0 Å². The average Bonchev–Trinajstić information content (AvgIpc) is 2.31. The van der Waals surface area contributed by atoms with Crippen LogP contribution in [0.25, 0.3) is 0 Å². The Morgan fingerprint density at radius 3 is 2.65 bits per heavy atom. The van der Waals surface area contributed by atoms with E-state index < -0.39 is 5.97 Å². The molecule has 0 spiro atoms. The average molecular weight is 238 g/mol. The number of hydrogen-bond donors (Lipinski definition) is 2. The van der Waals surface area contributed by atoms with Gasteiger partial charge in [0.1, 0.15) is 6.61 Å². The highest BCUT2D eigenvalue weighted by Crippen LogP contribution is 2.23. The second-order valence-electron chi connectivity index (χ2n) is 3.24. The summed E-state index contributed by atoms with van der Waals surface area (Å²) < 4.78 is 9.24. The van der Waals surface area contributed by atoms with E-state index in [2.05, 4.69) is 14.8 Å². The first-order valence-corrected chi connectivity index (χ1v) is 4.85. The van der Waals surface area contributed by atoms with Crippen LogP contribution >= 0.6 is 0 Å². The van der Waals surface area contributed by atoms with Crippen molar-refractivity contribution in [3.8, 4) is 0 Å². The molecule has 0 aliphatic rings. The number of carbonyl (C=O) groups is 2. The van der Waals surface area contributed by atoms with Crippen LogP contribution in [0.3, 0.4) is 0 Å². The predicted molar refractivity (Wildman–Crippen MR) is 62.7 cm³/mol. The standard InChI is InChI=1S/C11H14N2O4/c1-16-6-9(14)13-8-5-3-4-7(10(8)12)11(15)17-2/h3-5H,6,12H2,1-2H3,(H,13,14). The lowest BCUT2D eigenvalue weighted by Crippen LogP contribution is -2.19. The van der Waals surface area contributed by atoms with E-state index in [0.29, 0.717) is 5.69 Å². The molecule has 0 saturated heterocycles. The predicted octanol–water partition coefficient (Wildman–Crippen LogP) is 0.640. The van der Waals surface area contributed by atoms with E-state index in [4.69, 9.17) is 5.73 Å². The molecule has 0 aliphatic carbocycles. The Morgan fingerprint density at radius 2 is 2.06 bits per heavy atom. The third kappa shape index (κ3) is 3.18. The minimum absolute atomic E-state index is 0.0815. The number of nitrogens with one attached hydrogen (secondary N) is 1. The van der Waals surface area contributed by atoms with Gasteiger partial charge in [0.05, 0.1) is 24.0 Å². The molecular weight excluding hydrogens is 224 g/mol. The first-order valence-electron chi connectivity index (χ1n) is 4.85.